The Hall–Kier alpha value is -5.30. The van der Waals surface area contributed by atoms with E-state index in [0.717, 1.165) is 189 Å². The van der Waals surface area contributed by atoms with Crippen molar-refractivity contribution in [1.29, 1.82) is 0 Å². The zero-order valence-electron chi connectivity index (χ0n) is 48.5. The predicted molar refractivity (Wildman–Crippen MR) is 308 cm³/mol. The summed E-state index contributed by atoms with van der Waals surface area (Å²) >= 11 is 0. The number of rotatable bonds is 22. The molecule has 6 N–H and O–H groups in total. The summed E-state index contributed by atoms with van der Waals surface area (Å²) in [5, 5.41) is 18.9. The first-order valence-electron chi connectivity index (χ1n) is 31.0. The Morgan fingerprint density at radius 2 is 0.900 bits per heavy atom. The lowest BCUT2D eigenvalue weighted by Gasteiger charge is -2.36. The van der Waals surface area contributed by atoms with Gasteiger partial charge in [0.05, 0.1) is 24.2 Å². The van der Waals surface area contributed by atoms with Gasteiger partial charge in [-0.3, -0.25) is 38.6 Å². The van der Waals surface area contributed by atoms with Gasteiger partial charge >= 0.3 is 0 Å². The van der Waals surface area contributed by atoms with Crippen molar-refractivity contribution in [2.45, 2.75) is 191 Å². The molecular formula is C62H94N10O8. The molecule has 0 unspecified atom stereocenters. The molecule has 4 aliphatic carbocycles. The van der Waals surface area contributed by atoms with Crippen LogP contribution in [0.3, 0.4) is 0 Å². The SMILES string of the molecule is CN[C@@H](C)C(=O)N[C@H](C(=O)N1CCC[C@H]1C(=O)N[C@@H]1CCCc2c(OCCN3CCN(CCOc4cccc5c4CCC[C@H]5NC(=O)[C@@H]4CCCN4C(=O)[C@@H](NC(=O)[C@H](C)NC)C4CCCCC4)CC3)cccc21)C1CCCCC1. The third-order valence-electron chi connectivity index (χ3n) is 19.1. The molecule has 18 nitrogen and oxygen atoms in total. The standard InChI is InChI=1S/C62H94N10O8/c1-41(63-3)57(73)67-55(43-17-7-5-8-18-43)61(77)71-31-15-27-51(71)59(75)65-49-25-11-23-47-45(49)21-13-29-53(47)79-39-37-69-33-35-70(36-34-69)38-40-80-54-30-14-22-46-48(54)24-12-26-50(46)66-60(76)52-28-16-32-72(52)62(78)56(44-19-9-6-10-20-44)68-58(74)42(2)64-4/h13-14,21-22,29-30,41-44,49-52,55-56,63-64H,5-12,15-20,23-28,31-40H2,1-4H3,(H,65,75)(H,66,76)(H,67,73)(H,68,74)/t41-,42-,49+,50+,51-,52-,55-,56-/m0/s1. The van der Waals surface area contributed by atoms with Crippen LogP contribution in [0, 0.1) is 11.8 Å². The number of hydrogen-bond acceptors (Lipinski definition) is 12. The van der Waals surface area contributed by atoms with Crippen LogP contribution < -0.4 is 41.4 Å². The number of likely N-dealkylation sites (tertiary alicyclic amines) is 2. The number of benzene rings is 2. The average molecular weight is 1110 g/mol. The van der Waals surface area contributed by atoms with Crippen molar-refractivity contribution >= 4 is 35.4 Å². The van der Waals surface area contributed by atoms with Gasteiger partial charge in [-0.05, 0) is 164 Å². The number of amides is 6. The van der Waals surface area contributed by atoms with Crippen LogP contribution in [0.2, 0.25) is 0 Å². The molecule has 440 valence electrons. The summed E-state index contributed by atoms with van der Waals surface area (Å²) in [4.78, 5) is 91.5. The van der Waals surface area contributed by atoms with Gasteiger partial charge in [-0.1, -0.05) is 62.8 Å². The maximum Gasteiger partial charge on any atom is 0.246 e. The molecule has 0 spiro atoms. The maximum atomic E-state index is 14.3. The van der Waals surface area contributed by atoms with Crippen LogP contribution in [0.15, 0.2) is 36.4 Å². The Labute approximate surface area is 475 Å². The van der Waals surface area contributed by atoms with Gasteiger partial charge in [0.2, 0.25) is 35.4 Å². The van der Waals surface area contributed by atoms with Gasteiger partial charge in [-0.15, -0.1) is 0 Å². The topological polar surface area (TPSA) is 206 Å². The van der Waals surface area contributed by atoms with E-state index in [1.807, 2.05) is 24.3 Å². The number of piperazine rings is 1. The fraction of sp³-hybridized carbons (Fsp3) is 0.710. The Morgan fingerprint density at radius 3 is 1.29 bits per heavy atom. The molecule has 3 saturated heterocycles. The first kappa shape index (κ1) is 59.3. The first-order valence-corrected chi connectivity index (χ1v) is 31.0. The molecule has 18 heteroatoms. The summed E-state index contributed by atoms with van der Waals surface area (Å²) in [5.41, 5.74) is 4.48. The highest BCUT2D eigenvalue weighted by molar-refractivity contribution is 5.95. The Morgan fingerprint density at radius 1 is 0.500 bits per heavy atom. The van der Waals surface area contributed by atoms with Crippen molar-refractivity contribution in [3.63, 3.8) is 0 Å². The number of carbonyl (C=O) groups is 6. The van der Waals surface area contributed by atoms with Crippen molar-refractivity contribution in [3.8, 4) is 11.5 Å². The smallest absolute Gasteiger partial charge is 0.246 e. The first-order chi connectivity index (χ1) is 38.9. The Balaban J connectivity index is 0.718. The highest BCUT2D eigenvalue weighted by Gasteiger charge is 2.44. The van der Waals surface area contributed by atoms with E-state index in [4.69, 9.17) is 9.47 Å². The zero-order chi connectivity index (χ0) is 56.1. The van der Waals surface area contributed by atoms with Crippen molar-refractivity contribution in [2.75, 3.05) is 79.7 Å². The van der Waals surface area contributed by atoms with Gasteiger partial charge in [0.15, 0.2) is 0 Å². The lowest BCUT2D eigenvalue weighted by Crippen LogP contribution is -2.58. The average Bonchev–Trinajstić information content (AvgIpc) is 4.21. The van der Waals surface area contributed by atoms with E-state index in [0.29, 0.717) is 39.1 Å². The third kappa shape index (κ3) is 14.5. The number of hydrogen-bond donors (Lipinski definition) is 6. The van der Waals surface area contributed by atoms with E-state index in [2.05, 4.69) is 53.8 Å². The van der Waals surface area contributed by atoms with Crippen molar-refractivity contribution in [2.24, 2.45) is 11.8 Å². The number of carbonyl (C=O) groups excluding carboxylic acids is 6. The lowest BCUT2D eigenvalue weighted by atomic mass is 9.83. The van der Waals surface area contributed by atoms with Crippen molar-refractivity contribution in [3.05, 3.63) is 58.7 Å². The minimum absolute atomic E-state index is 0.0688. The number of ether oxygens (including phenoxy) is 2. The molecule has 8 atom stereocenters. The summed E-state index contributed by atoms with van der Waals surface area (Å²) in [5.74, 6) is 1.01. The van der Waals surface area contributed by atoms with Gasteiger partial charge in [-0.2, -0.15) is 0 Å². The second-order valence-corrected chi connectivity index (χ2v) is 24.1. The molecular weight excluding hydrogens is 1010 g/mol. The number of likely N-dealkylation sites (N-methyl/N-ethyl adjacent to an activating group) is 2. The molecule has 2 saturated carbocycles. The zero-order valence-corrected chi connectivity index (χ0v) is 48.5. The van der Waals surface area contributed by atoms with Crippen LogP contribution in [0.5, 0.6) is 11.5 Å². The van der Waals surface area contributed by atoms with Crippen LogP contribution in [0.1, 0.15) is 164 Å². The summed E-state index contributed by atoms with van der Waals surface area (Å²) < 4.78 is 13.0. The molecule has 5 fully saturated rings. The van der Waals surface area contributed by atoms with Crippen LogP contribution in [0.4, 0.5) is 0 Å². The van der Waals surface area contributed by atoms with E-state index in [9.17, 15) is 28.8 Å². The predicted octanol–water partition coefficient (Wildman–Crippen LogP) is 5.08. The second kappa shape index (κ2) is 28.6. The molecule has 2 aromatic rings. The van der Waals surface area contributed by atoms with Crippen LogP contribution >= 0.6 is 0 Å². The Bertz CT molecular complexity index is 2270. The summed E-state index contributed by atoms with van der Waals surface area (Å²) in [6, 6.07) is 8.79. The van der Waals surface area contributed by atoms with Crippen LogP contribution in [0.25, 0.3) is 0 Å². The van der Waals surface area contributed by atoms with Crippen molar-refractivity contribution < 1.29 is 38.2 Å². The molecule has 3 aliphatic heterocycles. The molecule has 2 aromatic carbocycles. The molecule has 6 amide bonds. The van der Waals surface area contributed by atoms with E-state index in [-0.39, 0.29) is 59.4 Å². The van der Waals surface area contributed by atoms with Gasteiger partial charge in [0.25, 0.3) is 0 Å². The Kier molecular flexibility index (Phi) is 21.2. The summed E-state index contributed by atoms with van der Waals surface area (Å²) in [6.07, 6.45) is 18.0. The van der Waals surface area contributed by atoms with Gasteiger partial charge in [0.1, 0.15) is 48.9 Å². The van der Waals surface area contributed by atoms with E-state index in [1.54, 1.807) is 37.7 Å². The monoisotopic (exact) mass is 1110 g/mol. The fourth-order valence-electron chi connectivity index (χ4n) is 14.0. The summed E-state index contributed by atoms with van der Waals surface area (Å²) in [6.45, 7) is 11.1. The van der Waals surface area contributed by atoms with Crippen LogP contribution in [-0.4, -0.2) is 171 Å². The molecule has 0 bridgehead atoms. The summed E-state index contributed by atoms with van der Waals surface area (Å²) in [7, 11) is 3.48. The number of fused-ring (bicyclic) bond motifs is 2. The lowest BCUT2D eigenvalue weighted by molar-refractivity contribution is -0.143. The van der Waals surface area contributed by atoms with E-state index in [1.165, 1.54) is 0 Å². The fourth-order valence-corrected chi connectivity index (χ4v) is 14.0. The molecule has 9 rings (SSSR count). The molecule has 3 heterocycles. The van der Waals surface area contributed by atoms with E-state index >= 15 is 0 Å². The second-order valence-electron chi connectivity index (χ2n) is 24.1. The number of nitrogens with zero attached hydrogens (tertiary/aromatic N) is 4. The molecule has 7 aliphatic rings. The molecule has 80 heavy (non-hydrogen) atoms. The minimum atomic E-state index is -0.629. The quantitative estimate of drug-likeness (QED) is 0.0915. The van der Waals surface area contributed by atoms with Gasteiger partial charge in [-0.25, -0.2) is 0 Å². The highest BCUT2D eigenvalue weighted by Crippen LogP contribution is 2.38. The van der Waals surface area contributed by atoms with E-state index < -0.39 is 36.3 Å². The minimum Gasteiger partial charge on any atom is -0.492 e. The normalized spacial score (nSPS) is 24.6. The van der Waals surface area contributed by atoms with Crippen molar-refractivity contribution in [1.82, 2.24) is 51.5 Å². The van der Waals surface area contributed by atoms with Crippen LogP contribution in [-0.2, 0) is 41.6 Å². The number of nitrogens with one attached hydrogen (secondary N) is 6. The largest absolute Gasteiger partial charge is 0.492 e. The van der Waals surface area contributed by atoms with Gasteiger partial charge in [0, 0.05) is 52.4 Å². The maximum absolute atomic E-state index is 14.3. The van der Waals surface area contributed by atoms with Gasteiger partial charge < -0.3 is 51.2 Å². The molecule has 0 radical (unpaired) electrons. The highest BCUT2D eigenvalue weighted by atomic mass is 16.5. The molecule has 0 aromatic heterocycles. The third-order valence-corrected chi connectivity index (χ3v) is 19.1.